The predicted molar refractivity (Wildman–Crippen MR) is 109 cm³/mol. The molecule has 3 atom stereocenters. The molecule has 0 aromatic heterocycles. The van der Waals surface area contributed by atoms with E-state index in [0.717, 1.165) is 16.3 Å². The molecule has 1 amide bonds. The smallest absolute Gasteiger partial charge is 0.322 e. The average Bonchev–Trinajstić information content (AvgIpc) is 2.69. The number of carboxylic acid groups (broad SMARTS) is 1. The van der Waals surface area contributed by atoms with Crippen molar-refractivity contribution >= 4 is 21.9 Å². The van der Waals surface area contributed by atoms with E-state index in [0.29, 0.717) is 13.0 Å². The first-order valence-corrected chi connectivity index (χ1v) is 11.1. The Hall–Kier alpha value is -2.39. The van der Waals surface area contributed by atoms with E-state index in [1.165, 1.54) is 25.3 Å². The minimum atomic E-state index is -3.94. The molecule has 2 rings (SSSR count). The third-order valence-electron chi connectivity index (χ3n) is 5.31. The maximum atomic E-state index is 12.9. The topological polar surface area (TPSA) is 107 Å². The summed E-state index contributed by atoms with van der Waals surface area (Å²) in [7, 11) is -2.64. The molecule has 1 unspecified atom stereocenters. The number of sulfonamides is 1. The molecule has 0 radical (unpaired) electrons. The lowest BCUT2D eigenvalue weighted by Gasteiger charge is -2.33. The van der Waals surface area contributed by atoms with Crippen LogP contribution in [-0.2, 0) is 26.2 Å². The number of carboxylic acids is 1. The van der Waals surface area contributed by atoms with Crippen molar-refractivity contribution in [2.75, 3.05) is 7.05 Å². The Morgan fingerprint density at radius 2 is 1.90 bits per heavy atom. The summed E-state index contributed by atoms with van der Waals surface area (Å²) in [5.41, 5.74) is 0.877. The monoisotopic (exact) mass is 423 g/mol. The van der Waals surface area contributed by atoms with Gasteiger partial charge in [0.05, 0.1) is 4.90 Å². The Bertz CT molecular complexity index is 867. The van der Waals surface area contributed by atoms with Crippen molar-refractivity contribution in [2.45, 2.75) is 57.3 Å². The van der Waals surface area contributed by atoms with Gasteiger partial charge in [0.15, 0.2) is 0 Å². The largest absolute Gasteiger partial charge is 0.480 e. The lowest BCUT2D eigenvalue weighted by Crippen LogP contribution is -2.47. The Kier molecular flexibility index (Phi) is 7.43. The molecule has 2 N–H and O–H groups in total. The van der Waals surface area contributed by atoms with Crippen molar-refractivity contribution < 1.29 is 23.1 Å². The van der Waals surface area contributed by atoms with E-state index in [1.807, 2.05) is 18.7 Å². The van der Waals surface area contributed by atoms with Crippen molar-refractivity contribution in [1.82, 2.24) is 14.5 Å². The van der Waals surface area contributed by atoms with Gasteiger partial charge in [0.2, 0.25) is 15.9 Å². The molecular weight excluding hydrogens is 394 g/mol. The third-order valence-corrected chi connectivity index (χ3v) is 7.16. The molecule has 0 bridgehead atoms. The predicted octanol–water partition coefficient (Wildman–Crippen LogP) is 1.99. The van der Waals surface area contributed by atoms with Gasteiger partial charge in [-0.15, -0.1) is 0 Å². The Morgan fingerprint density at radius 1 is 1.28 bits per heavy atom. The number of rotatable bonds is 9. The van der Waals surface area contributed by atoms with Crippen LogP contribution in [0.4, 0.5) is 0 Å². The van der Waals surface area contributed by atoms with Crippen LogP contribution in [0.5, 0.6) is 0 Å². The normalized spacial score (nSPS) is 19.1. The summed E-state index contributed by atoms with van der Waals surface area (Å²) < 4.78 is 26.8. The molecule has 0 spiro atoms. The first-order valence-electron chi connectivity index (χ1n) is 9.66. The molecule has 8 nitrogen and oxygen atoms in total. The van der Waals surface area contributed by atoms with Crippen molar-refractivity contribution in [3.8, 4) is 0 Å². The van der Waals surface area contributed by atoms with Gasteiger partial charge in [0, 0.05) is 25.9 Å². The SMILES string of the molecule is CCC1NC(=O)C=CN1Cc1ccc(S(=O)(=O)N(C)[C@@H](C(=O)O)[C@H](C)CC)cc1. The molecule has 1 aliphatic rings. The molecule has 9 heteroatoms. The highest BCUT2D eigenvalue weighted by molar-refractivity contribution is 7.89. The molecule has 1 aromatic rings. The second-order valence-corrected chi connectivity index (χ2v) is 9.25. The quantitative estimate of drug-likeness (QED) is 0.629. The second-order valence-electron chi connectivity index (χ2n) is 7.25. The van der Waals surface area contributed by atoms with Crippen molar-refractivity contribution in [2.24, 2.45) is 5.92 Å². The average molecular weight is 424 g/mol. The van der Waals surface area contributed by atoms with Gasteiger partial charge in [-0.3, -0.25) is 9.59 Å². The minimum absolute atomic E-state index is 0.0489. The van der Waals surface area contributed by atoms with Gasteiger partial charge in [-0.25, -0.2) is 8.42 Å². The Morgan fingerprint density at radius 3 is 2.41 bits per heavy atom. The van der Waals surface area contributed by atoms with Gasteiger partial charge in [-0.1, -0.05) is 39.3 Å². The van der Waals surface area contributed by atoms with Gasteiger partial charge in [-0.2, -0.15) is 4.31 Å². The summed E-state index contributed by atoms with van der Waals surface area (Å²) in [5, 5.41) is 12.4. The molecule has 0 fully saturated rings. The van der Waals surface area contributed by atoms with Gasteiger partial charge in [0.25, 0.3) is 0 Å². The van der Waals surface area contributed by atoms with Crippen LogP contribution in [0.3, 0.4) is 0 Å². The van der Waals surface area contributed by atoms with Crippen LogP contribution in [0.25, 0.3) is 0 Å². The molecule has 1 aliphatic heterocycles. The maximum absolute atomic E-state index is 12.9. The first-order chi connectivity index (χ1) is 13.6. The summed E-state index contributed by atoms with van der Waals surface area (Å²) in [4.78, 5) is 25.1. The van der Waals surface area contributed by atoms with Gasteiger partial charge >= 0.3 is 5.97 Å². The summed E-state index contributed by atoms with van der Waals surface area (Å²) in [6.07, 6.45) is 4.36. The van der Waals surface area contributed by atoms with E-state index in [-0.39, 0.29) is 22.9 Å². The summed E-state index contributed by atoms with van der Waals surface area (Å²) in [6, 6.07) is 5.26. The van der Waals surface area contributed by atoms with E-state index < -0.39 is 22.0 Å². The fourth-order valence-electron chi connectivity index (χ4n) is 3.34. The Balaban J connectivity index is 2.21. The Labute approximate surface area is 172 Å². The number of nitrogens with zero attached hydrogens (tertiary/aromatic N) is 2. The number of likely N-dealkylation sites (N-methyl/N-ethyl adjacent to an activating group) is 1. The zero-order chi connectivity index (χ0) is 21.8. The molecule has 1 heterocycles. The highest BCUT2D eigenvalue weighted by Crippen LogP contribution is 2.23. The van der Waals surface area contributed by atoms with E-state index in [2.05, 4.69) is 5.32 Å². The van der Waals surface area contributed by atoms with Gasteiger partial charge < -0.3 is 15.3 Å². The molecule has 0 saturated heterocycles. The lowest BCUT2D eigenvalue weighted by atomic mass is 10.00. The minimum Gasteiger partial charge on any atom is -0.480 e. The highest BCUT2D eigenvalue weighted by atomic mass is 32.2. The van der Waals surface area contributed by atoms with E-state index >= 15 is 0 Å². The van der Waals surface area contributed by atoms with Crippen LogP contribution in [0.15, 0.2) is 41.4 Å². The van der Waals surface area contributed by atoms with Crippen LogP contribution < -0.4 is 5.32 Å². The molecule has 0 saturated carbocycles. The summed E-state index contributed by atoms with van der Waals surface area (Å²) in [5.74, 6) is -1.61. The van der Waals surface area contributed by atoms with Crippen molar-refractivity contribution in [3.63, 3.8) is 0 Å². The number of nitrogens with one attached hydrogen (secondary N) is 1. The molecule has 29 heavy (non-hydrogen) atoms. The van der Waals surface area contributed by atoms with E-state index in [1.54, 1.807) is 25.3 Å². The fraction of sp³-hybridized carbons (Fsp3) is 0.500. The highest BCUT2D eigenvalue weighted by Gasteiger charge is 2.36. The van der Waals surface area contributed by atoms with Gasteiger partial charge in [-0.05, 0) is 30.0 Å². The lowest BCUT2D eigenvalue weighted by molar-refractivity contribution is -0.142. The molecular formula is C20H29N3O5S. The zero-order valence-electron chi connectivity index (χ0n) is 17.2. The summed E-state index contributed by atoms with van der Waals surface area (Å²) >= 11 is 0. The van der Waals surface area contributed by atoms with E-state index in [9.17, 15) is 23.1 Å². The molecule has 0 aliphatic carbocycles. The first kappa shape index (κ1) is 22.9. The second kappa shape index (κ2) is 9.41. The summed E-state index contributed by atoms with van der Waals surface area (Å²) in [6.45, 7) is 6.04. The fourth-order valence-corrected chi connectivity index (χ4v) is 4.75. The number of benzene rings is 1. The van der Waals surface area contributed by atoms with Crippen LogP contribution in [-0.4, -0.2) is 53.9 Å². The van der Waals surface area contributed by atoms with Crippen molar-refractivity contribution in [3.05, 3.63) is 42.1 Å². The number of aliphatic carboxylic acids is 1. The number of hydrogen-bond acceptors (Lipinski definition) is 5. The molecule has 160 valence electrons. The maximum Gasteiger partial charge on any atom is 0.322 e. The van der Waals surface area contributed by atoms with Crippen LogP contribution in [0, 0.1) is 5.92 Å². The van der Waals surface area contributed by atoms with E-state index in [4.69, 9.17) is 0 Å². The molecule has 1 aromatic carbocycles. The number of carbonyl (C=O) groups excluding carboxylic acids is 1. The van der Waals surface area contributed by atoms with Crippen LogP contribution in [0.2, 0.25) is 0 Å². The van der Waals surface area contributed by atoms with Crippen molar-refractivity contribution in [1.29, 1.82) is 0 Å². The number of carbonyl (C=O) groups is 2. The number of amides is 1. The number of hydrogen-bond donors (Lipinski definition) is 2. The zero-order valence-corrected chi connectivity index (χ0v) is 18.0. The van der Waals surface area contributed by atoms with Crippen LogP contribution >= 0.6 is 0 Å². The van der Waals surface area contributed by atoms with Gasteiger partial charge in [0.1, 0.15) is 12.2 Å². The standard InChI is InChI=1S/C20H29N3O5S/c1-5-14(3)19(20(25)26)22(4)29(27,28)16-9-7-15(8-10-16)13-23-12-11-18(24)21-17(23)6-2/h7-12,14,17,19H,5-6,13H2,1-4H3,(H,21,24)(H,25,26)/t14-,17?,19-/m1/s1. The van der Waals surface area contributed by atoms with Crippen LogP contribution in [0.1, 0.15) is 39.2 Å². The third kappa shape index (κ3) is 5.16.